The third-order valence-corrected chi connectivity index (χ3v) is 4.45. The van der Waals surface area contributed by atoms with Crippen LogP contribution in [0, 0.1) is 5.92 Å². The quantitative estimate of drug-likeness (QED) is 0.733. The summed E-state index contributed by atoms with van der Waals surface area (Å²) in [5.74, 6) is -0.487. The lowest BCUT2D eigenvalue weighted by Crippen LogP contribution is -2.44. The normalized spacial score (nSPS) is 20.2. The molecular formula is C17H21Cl2N3O3. The molecule has 1 aromatic carbocycles. The van der Waals surface area contributed by atoms with Crippen LogP contribution < -0.4 is 10.6 Å². The van der Waals surface area contributed by atoms with Gasteiger partial charge in [0.05, 0.1) is 0 Å². The number of nitrogens with one attached hydrogen (secondary N) is 2. The van der Waals surface area contributed by atoms with Gasteiger partial charge >= 0.3 is 6.03 Å². The van der Waals surface area contributed by atoms with Gasteiger partial charge in [-0.15, -0.1) is 0 Å². The maximum Gasteiger partial charge on any atom is 0.325 e. The SMILES string of the molecule is CC(C)CC[C@@]1(C)NC(=O)N(CC(=O)Nc2cc(Cl)cc(Cl)c2)C1=O. The summed E-state index contributed by atoms with van der Waals surface area (Å²) >= 11 is 11.8. The van der Waals surface area contributed by atoms with Gasteiger partial charge in [0.1, 0.15) is 12.1 Å². The summed E-state index contributed by atoms with van der Waals surface area (Å²) in [6.45, 7) is 5.41. The van der Waals surface area contributed by atoms with Crippen molar-refractivity contribution in [1.29, 1.82) is 0 Å². The van der Waals surface area contributed by atoms with Gasteiger partial charge in [0.2, 0.25) is 5.91 Å². The van der Waals surface area contributed by atoms with Crippen molar-refractivity contribution in [3.63, 3.8) is 0 Å². The minimum atomic E-state index is -0.971. The molecule has 1 atom stereocenters. The van der Waals surface area contributed by atoms with Gasteiger partial charge in [-0.05, 0) is 43.9 Å². The van der Waals surface area contributed by atoms with E-state index in [0.717, 1.165) is 11.3 Å². The third-order valence-electron chi connectivity index (χ3n) is 4.01. The summed E-state index contributed by atoms with van der Waals surface area (Å²) in [7, 11) is 0. The van der Waals surface area contributed by atoms with E-state index < -0.39 is 23.4 Å². The van der Waals surface area contributed by atoms with Crippen molar-refractivity contribution in [2.24, 2.45) is 5.92 Å². The van der Waals surface area contributed by atoms with Crippen molar-refractivity contribution in [2.75, 3.05) is 11.9 Å². The van der Waals surface area contributed by atoms with Crippen LogP contribution in [0.15, 0.2) is 18.2 Å². The van der Waals surface area contributed by atoms with Crippen molar-refractivity contribution >= 4 is 46.7 Å². The number of nitrogens with zero attached hydrogens (tertiary/aromatic N) is 1. The molecule has 0 saturated carbocycles. The molecule has 1 aliphatic heterocycles. The largest absolute Gasteiger partial charge is 0.325 e. The Balaban J connectivity index is 2.02. The second-order valence-corrected chi connectivity index (χ2v) is 7.67. The fourth-order valence-electron chi connectivity index (χ4n) is 2.61. The van der Waals surface area contributed by atoms with Gasteiger partial charge in [0.15, 0.2) is 0 Å². The zero-order valence-corrected chi connectivity index (χ0v) is 15.9. The maximum absolute atomic E-state index is 12.6. The summed E-state index contributed by atoms with van der Waals surface area (Å²) < 4.78 is 0. The average molecular weight is 386 g/mol. The molecule has 1 aliphatic rings. The van der Waals surface area contributed by atoms with Crippen LogP contribution in [0.5, 0.6) is 0 Å². The molecule has 136 valence electrons. The summed E-state index contributed by atoms with van der Waals surface area (Å²) in [5, 5.41) is 6.02. The highest BCUT2D eigenvalue weighted by molar-refractivity contribution is 6.35. The number of hydrogen-bond donors (Lipinski definition) is 2. The number of amides is 4. The Bertz CT molecular complexity index is 688. The number of rotatable bonds is 6. The summed E-state index contributed by atoms with van der Waals surface area (Å²) in [6.07, 6.45) is 1.32. The van der Waals surface area contributed by atoms with E-state index in [1.807, 2.05) is 13.8 Å². The molecule has 8 heteroatoms. The summed E-state index contributed by atoms with van der Waals surface area (Å²) in [4.78, 5) is 37.8. The van der Waals surface area contributed by atoms with Crippen LogP contribution in [-0.2, 0) is 9.59 Å². The molecular weight excluding hydrogens is 365 g/mol. The monoisotopic (exact) mass is 385 g/mol. The highest BCUT2D eigenvalue weighted by Crippen LogP contribution is 2.25. The first-order chi connectivity index (χ1) is 11.6. The van der Waals surface area contributed by atoms with E-state index in [-0.39, 0.29) is 6.54 Å². The van der Waals surface area contributed by atoms with E-state index in [4.69, 9.17) is 23.2 Å². The van der Waals surface area contributed by atoms with Crippen molar-refractivity contribution in [3.05, 3.63) is 28.2 Å². The number of hydrogen-bond acceptors (Lipinski definition) is 3. The molecule has 4 amide bonds. The number of anilines is 1. The van der Waals surface area contributed by atoms with Crippen LogP contribution in [0.1, 0.15) is 33.6 Å². The second kappa shape index (κ2) is 7.62. The molecule has 1 aromatic rings. The average Bonchev–Trinajstić information content (AvgIpc) is 2.68. The first kappa shape index (κ1) is 19.5. The number of urea groups is 1. The molecule has 0 unspecified atom stereocenters. The summed E-state index contributed by atoms with van der Waals surface area (Å²) in [6, 6.07) is 4.04. The van der Waals surface area contributed by atoms with Crippen molar-refractivity contribution in [1.82, 2.24) is 10.2 Å². The first-order valence-corrected chi connectivity index (χ1v) is 8.76. The van der Waals surface area contributed by atoms with Gasteiger partial charge in [-0.1, -0.05) is 37.0 Å². The minimum Gasteiger partial charge on any atom is -0.324 e. The lowest BCUT2D eigenvalue weighted by molar-refractivity contribution is -0.133. The van der Waals surface area contributed by atoms with E-state index in [9.17, 15) is 14.4 Å². The first-order valence-electron chi connectivity index (χ1n) is 8.01. The molecule has 1 heterocycles. The Labute approximate surface area is 156 Å². The highest BCUT2D eigenvalue weighted by atomic mass is 35.5. The van der Waals surface area contributed by atoms with Crippen molar-refractivity contribution < 1.29 is 14.4 Å². The van der Waals surface area contributed by atoms with E-state index in [2.05, 4.69) is 10.6 Å². The predicted molar refractivity (Wildman–Crippen MR) is 97.8 cm³/mol. The van der Waals surface area contributed by atoms with Crippen LogP contribution >= 0.6 is 23.2 Å². The molecule has 0 aliphatic carbocycles. The van der Waals surface area contributed by atoms with Crippen LogP contribution in [0.3, 0.4) is 0 Å². The van der Waals surface area contributed by atoms with Gasteiger partial charge in [0, 0.05) is 15.7 Å². The van der Waals surface area contributed by atoms with Gasteiger partial charge < -0.3 is 10.6 Å². The molecule has 0 bridgehead atoms. The number of carbonyl (C=O) groups excluding carboxylic acids is 3. The zero-order chi connectivity index (χ0) is 18.8. The predicted octanol–water partition coefficient (Wildman–Crippen LogP) is 3.68. The molecule has 2 N–H and O–H groups in total. The van der Waals surface area contributed by atoms with E-state index >= 15 is 0 Å². The van der Waals surface area contributed by atoms with Crippen LogP contribution in [0.25, 0.3) is 0 Å². The Morgan fingerprint density at radius 2 is 1.84 bits per heavy atom. The maximum atomic E-state index is 12.6. The molecule has 25 heavy (non-hydrogen) atoms. The molecule has 1 saturated heterocycles. The summed E-state index contributed by atoms with van der Waals surface area (Å²) in [5.41, 5.74) is -0.571. The second-order valence-electron chi connectivity index (χ2n) is 6.79. The fraction of sp³-hybridized carbons (Fsp3) is 0.471. The lowest BCUT2D eigenvalue weighted by atomic mass is 9.92. The van der Waals surface area contributed by atoms with Gasteiger partial charge in [-0.25, -0.2) is 4.79 Å². The molecule has 0 radical (unpaired) electrons. The highest BCUT2D eigenvalue weighted by Gasteiger charge is 2.47. The van der Waals surface area contributed by atoms with Crippen LogP contribution in [0.2, 0.25) is 10.0 Å². The Morgan fingerprint density at radius 1 is 1.24 bits per heavy atom. The number of carbonyl (C=O) groups is 3. The molecule has 2 rings (SSSR count). The van der Waals surface area contributed by atoms with Gasteiger partial charge in [-0.2, -0.15) is 0 Å². The minimum absolute atomic E-state index is 0.369. The topological polar surface area (TPSA) is 78.5 Å². The smallest absolute Gasteiger partial charge is 0.324 e. The van der Waals surface area contributed by atoms with Gasteiger partial charge in [0.25, 0.3) is 5.91 Å². The number of halogens is 2. The molecule has 6 nitrogen and oxygen atoms in total. The van der Waals surface area contributed by atoms with E-state index in [0.29, 0.717) is 28.1 Å². The number of imide groups is 1. The van der Waals surface area contributed by atoms with Gasteiger partial charge in [-0.3, -0.25) is 14.5 Å². The van der Waals surface area contributed by atoms with Crippen LogP contribution in [0.4, 0.5) is 10.5 Å². The Kier molecular flexibility index (Phi) is 5.95. The van der Waals surface area contributed by atoms with E-state index in [1.54, 1.807) is 6.92 Å². The van der Waals surface area contributed by atoms with Crippen molar-refractivity contribution in [3.8, 4) is 0 Å². The van der Waals surface area contributed by atoms with Crippen molar-refractivity contribution in [2.45, 2.75) is 39.2 Å². The molecule has 0 spiro atoms. The Morgan fingerprint density at radius 3 is 2.40 bits per heavy atom. The zero-order valence-electron chi connectivity index (χ0n) is 14.4. The third kappa shape index (κ3) is 4.86. The lowest BCUT2D eigenvalue weighted by Gasteiger charge is -2.22. The van der Waals surface area contributed by atoms with Crippen LogP contribution in [-0.4, -0.2) is 34.8 Å². The molecule has 0 aromatic heterocycles. The fourth-order valence-corrected chi connectivity index (χ4v) is 3.13. The molecule has 1 fully saturated rings. The standard InChI is InChI=1S/C17H21Cl2N3O3/c1-10(2)4-5-17(3)15(24)22(16(25)21-17)9-14(23)20-13-7-11(18)6-12(19)8-13/h6-8,10H,4-5,9H2,1-3H3,(H,20,23)(H,21,25)/t17-/m1/s1. The van der Waals surface area contributed by atoms with E-state index in [1.165, 1.54) is 18.2 Å². The number of benzene rings is 1. The Hall–Kier alpha value is -1.79.